The smallest absolute Gasteiger partial charge is 0.387 e. The zero-order valence-electron chi connectivity index (χ0n) is 13.5. The normalized spacial score (nSPS) is 11.0. The van der Waals surface area contributed by atoms with Crippen LogP contribution in [0.1, 0.15) is 5.56 Å². The van der Waals surface area contributed by atoms with Crippen LogP contribution in [0.15, 0.2) is 48.0 Å². The minimum atomic E-state index is -3.00. The summed E-state index contributed by atoms with van der Waals surface area (Å²) in [4.78, 5) is 12.2. The molecule has 0 bridgehead atoms. The number of alkyl halides is 2. The van der Waals surface area contributed by atoms with Gasteiger partial charge in [-0.1, -0.05) is 17.7 Å². The van der Waals surface area contributed by atoms with Crippen LogP contribution in [0.25, 0.3) is 6.08 Å². The summed E-state index contributed by atoms with van der Waals surface area (Å²) in [6.45, 7) is -3.00. The number of nitriles is 1. The quantitative estimate of drug-likeness (QED) is 0.593. The van der Waals surface area contributed by atoms with Crippen molar-refractivity contribution in [2.45, 2.75) is 6.61 Å². The van der Waals surface area contributed by atoms with Crippen LogP contribution in [0.3, 0.4) is 0 Å². The van der Waals surface area contributed by atoms with E-state index >= 15 is 0 Å². The zero-order valence-corrected chi connectivity index (χ0v) is 14.3. The largest absolute Gasteiger partial charge is 0.493 e. The van der Waals surface area contributed by atoms with Crippen LogP contribution < -0.4 is 14.8 Å². The number of hydrogen-bond acceptors (Lipinski definition) is 4. The molecule has 0 aromatic heterocycles. The Balaban J connectivity index is 2.23. The molecule has 2 aromatic rings. The highest BCUT2D eigenvalue weighted by Gasteiger charge is 2.13. The first-order valence-corrected chi connectivity index (χ1v) is 7.62. The second kappa shape index (κ2) is 8.83. The van der Waals surface area contributed by atoms with Gasteiger partial charge in [0.2, 0.25) is 0 Å². The zero-order chi connectivity index (χ0) is 19.1. The molecule has 1 N–H and O–H groups in total. The van der Waals surface area contributed by atoms with Gasteiger partial charge in [0.05, 0.1) is 7.11 Å². The monoisotopic (exact) mass is 378 g/mol. The molecule has 0 saturated heterocycles. The molecular weight excluding hydrogens is 366 g/mol. The summed E-state index contributed by atoms with van der Waals surface area (Å²) in [6, 6.07) is 12.2. The Morgan fingerprint density at radius 1 is 1.23 bits per heavy atom. The Kier molecular flexibility index (Phi) is 6.53. The van der Waals surface area contributed by atoms with Gasteiger partial charge in [-0.2, -0.15) is 14.0 Å². The highest BCUT2D eigenvalue weighted by molar-refractivity contribution is 6.30. The average molecular weight is 379 g/mol. The maximum absolute atomic E-state index is 12.3. The number of nitrogens with one attached hydrogen (secondary N) is 1. The third-order valence-corrected chi connectivity index (χ3v) is 3.43. The van der Waals surface area contributed by atoms with E-state index in [2.05, 4.69) is 10.1 Å². The Hall–Kier alpha value is -3.11. The minimum Gasteiger partial charge on any atom is -0.493 e. The van der Waals surface area contributed by atoms with Crippen LogP contribution in [-0.4, -0.2) is 19.6 Å². The Bertz CT molecular complexity index is 862. The number of amides is 1. The number of carbonyl (C=O) groups excluding carboxylic acids is 1. The van der Waals surface area contributed by atoms with Crippen molar-refractivity contribution in [3.63, 3.8) is 0 Å². The van der Waals surface area contributed by atoms with Crippen molar-refractivity contribution in [2.24, 2.45) is 0 Å². The van der Waals surface area contributed by atoms with Gasteiger partial charge in [-0.15, -0.1) is 0 Å². The van der Waals surface area contributed by atoms with E-state index in [0.717, 1.165) is 0 Å². The number of rotatable bonds is 6. The van der Waals surface area contributed by atoms with Gasteiger partial charge in [-0.05, 0) is 48.0 Å². The maximum Gasteiger partial charge on any atom is 0.387 e. The molecule has 2 rings (SSSR count). The number of ether oxygens (including phenoxy) is 2. The molecule has 0 spiro atoms. The van der Waals surface area contributed by atoms with Gasteiger partial charge < -0.3 is 14.8 Å². The van der Waals surface area contributed by atoms with Gasteiger partial charge in [0.25, 0.3) is 5.91 Å². The first-order valence-electron chi connectivity index (χ1n) is 7.24. The average Bonchev–Trinajstić information content (AvgIpc) is 2.62. The molecule has 134 valence electrons. The Morgan fingerprint density at radius 2 is 1.92 bits per heavy atom. The minimum absolute atomic E-state index is 0.0504. The molecule has 0 radical (unpaired) electrons. The third kappa shape index (κ3) is 5.19. The molecule has 26 heavy (non-hydrogen) atoms. The fourth-order valence-corrected chi connectivity index (χ4v) is 2.14. The van der Waals surface area contributed by atoms with Crippen molar-refractivity contribution in [3.8, 4) is 17.6 Å². The molecule has 0 aliphatic heterocycles. The molecular formula is C18H13ClF2N2O3. The van der Waals surface area contributed by atoms with E-state index in [-0.39, 0.29) is 17.1 Å². The summed E-state index contributed by atoms with van der Waals surface area (Å²) >= 11 is 5.77. The van der Waals surface area contributed by atoms with Crippen molar-refractivity contribution in [1.29, 1.82) is 5.26 Å². The van der Waals surface area contributed by atoms with Crippen LogP contribution in [0, 0.1) is 11.3 Å². The molecule has 8 heteroatoms. The standard InChI is InChI=1S/C18H13ClF2N2O3/c1-25-16-9-11(2-7-15(16)26-18(20)21)8-12(10-22)17(24)23-14-5-3-13(19)4-6-14/h2-9,18H,1H3,(H,23,24)/b12-8+. The first kappa shape index (κ1) is 19.2. The van der Waals surface area contributed by atoms with Crippen LogP contribution in [0.4, 0.5) is 14.5 Å². The van der Waals surface area contributed by atoms with E-state index < -0.39 is 12.5 Å². The van der Waals surface area contributed by atoms with Crippen molar-refractivity contribution in [1.82, 2.24) is 0 Å². The van der Waals surface area contributed by atoms with Gasteiger partial charge in [-0.25, -0.2) is 0 Å². The molecule has 0 saturated carbocycles. The van der Waals surface area contributed by atoms with E-state index in [1.807, 2.05) is 0 Å². The molecule has 2 aromatic carbocycles. The summed E-state index contributed by atoms with van der Waals surface area (Å²) in [7, 11) is 1.29. The van der Waals surface area contributed by atoms with Gasteiger partial charge >= 0.3 is 6.61 Å². The van der Waals surface area contributed by atoms with Crippen LogP contribution in [0.2, 0.25) is 5.02 Å². The summed E-state index contributed by atoms with van der Waals surface area (Å²) in [5, 5.41) is 12.3. The van der Waals surface area contributed by atoms with Crippen molar-refractivity contribution in [2.75, 3.05) is 12.4 Å². The van der Waals surface area contributed by atoms with E-state index in [9.17, 15) is 18.8 Å². The van der Waals surface area contributed by atoms with Gasteiger partial charge in [0.1, 0.15) is 11.6 Å². The lowest BCUT2D eigenvalue weighted by Gasteiger charge is -2.10. The maximum atomic E-state index is 12.3. The highest BCUT2D eigenvalue weighted by Crippen LogP contribution is 2.30. The Labute approximate surface area is 153 Å². The molecule has 0 aliphatic carbocycles. The van der Waals surface area contributed by atoms with Gasteiger partial charge in [0.15, 0.2) is 11.5 Å². The highest BCUT2D eigenvalue weighted by atomic mass is 35.5. The molecule has 0 unspecified atom stereocenters. The lowest BCUT2D eigenvalue weighted by Crippen LogP contribution is -2.13. The first-order chi connectivity index (χ1) is 12.4. The molecule has 0 fully saturated rings. The molecule has 0 aliphatic rings. The fourth-order valence-electron chi connectivity index (χ4n) is 2.01. The summed E-state index contributed by atoms with van der Waals surface area (Å²) in [5.41, 5.74) is 0.703. The summed E-state index contributed by atoms with van der Waals surface area (Å²) in [6.07, 6.45) is 1.31. The van der Waals surface area contributed by atoms with E-state index in [1.54, 1.807) is 30.3 Å². The molecule has 0 heterocycles. The van der Waals surface area contributed by atoms with E-state index in [4.69, 9.17) is 16.3 Å². The van der Waals surface area contributed by atoms with E-state index in [0.29, 0.717) is 16.3 Å². The predicted octanol–water partition coefficient (Wildman–Crippen LogP) is 4.50. The fraction of sp³-hybridized carbons (Fsp3) is 0.111. The number of methoxy groups -OCH3 is 1. The van der Waals surface area contributed by atoms with Crippen LogP contribution in [-0.2, 0) is 4.79 Å². The SMILES string of the molecule is COc1cc(/C=C(\C#N)C(=O)Nc2ccc(Cl)cc2)ccc1OC(F)F. The van der Waals surface area contributed by atoms with Crippen LogP contribution >= 0.6 is 11.6 Å². The number of halogens is 3. The van der Waals surface area contributed by atoms with Gasteiger partial charge in [-0.3, -0.25) is 4.79 Å². The lowest BCUT2D eigenvalue weighted by atomic mass is 10.1. The summed E-state index contributed by atoms with van der Waals surface area (Å²) < 4.78 is 34.0. The number of anilines is 1. The molecule has 5 nitrogen and oxygen atoms in total. The number of nitrogens with zero attached hydrogens (tertiary/aromatic N) is 1. The van der Waals surface area contributed by atoms with Crippen LogP contribution in [0.5, 0.6) is 11.5 Å². The molecule has 0 atom stereocenters. The number of hydrogen-bond donors (Lipinski definition) is 1. The predicted molar refractivity (Wildman–Crippen MR) is 93.3 cm³/mol. The summed E-state index contributed by atoms with van der Waals surface area (Å²) in [5.74, 6) is -0.722. The second-order valence-electron chi connectivity index (χ2n) is 4.92. The van der Waals surface area contributed by atoms with Crippen molar-refractivity contribution >= 4 is 29.3 Å². The van der Waals surface area contributed by atoms with Crippen molar-refractivity contribution in [3.05, 3.63) is 58.6 Å². The number of benzene rings is 2. The number of carbonyl (C=O) groups is 1. The van der Waals surface area contributed by atoms with E-state index in [1.165, 1.54) is 31.4 Å². The topological polar surface area (TPSA) is 71.3 Å². The lowest BCUT2D eigenvalue weighted by molar-refractivity contribution is -0.112. The second-order valence-corrected chi connectivity index (χ2v) is 5.36. The Morgan fingerprint density at radius 3 is 2.50 bits per heavy atom. The van der Waals surface area contributed by atoms with Gasteiger partial charge in [0, 0.05) is 10.7 Å². The third-order valence-electron chi connectivity index (χ3n) is 3.18. The van der Waals surface area contributed by atoms with Crippen molar-refractivity contribution < 1.29 is 23.0 Å². The molecule has 1 amide bonds.